The molecule has 1 amide bonds. The first-order chi connectivity index (χ1) is 8.20. The van der Waals surface area contributed by atoms with Crippen molar-refractivity contribution in [1.82, 2.24) is 5.32 Å². The number of nitrogen functional groups attached to an aromatic ring is 1. The van der Waals surface area contributed by atoms with Gasteiger partial charge in [0.2, 0.25) is 0 Å². The number of amides is 1. The fourth-order valence-electron chi connectivity index (χ4n) is 2.30. The number of nitrogens with two attached hydrogens (primary N) is 1. The van der Waals surface area contributed by atoms with Gasteiger partial charge in [0.15, 0.2) is 0 Å². The predicted molar refractivity (Wildman–Crippen MR) is 73.3 cm³/mol. The Kier molecular flexibility index (Phi) is 3.94. The molecule has 4 heteroatoms. The maximum Gasteiger partial charge on any atom is 0.251 e. The van der Waals surface area contributed by atoms with Crippen LogP contribution in [0.5, 0.6) is 0 Å². The zero-order valence-electron chi connectivity index (χ0n) is 9.98. The van der Waals surface area contributed by atoms with Crippen LogP contribution in [0.25, 0.3) is 0 Å². The third-order valence-electron chi connectivity index (χ3n) is 3.22. The molecule has 0 aromatic heterocycles. The number of hydrogen-bond acceptors (Lipinski definition) is 3. The molecule has 0 radical (unpaired) electrons. The number of anilines is 1. The van der Waals surface area contributed by atoms with Crippen LogP contribution in [-0.4, -0.2) is 23.5 Å². The van der Waals surface area contributed by atoms with Crippen LogP contribution in [0.1, 0.15) is 29.6 Å². The van der Waals surface area contributed by atoms with Crippen LogP contribution in [0.15, 0.2) is 24.3 Å². The van der Waals surface area contributed by atoms with Crippen LogP contribution in [0.2, 0.25) is 0 Å². The van der Waals surface area contributed by atoms with Gasteiger partial charge in [-0.2, -0.15) is 11.8 Å². The highest BCUT2D eigenvalue weighted by molar-refractivity contribution is 7.99. The van der Waals surface area contributed by atoms with Gasteiger partial charge in [0.25, 0.3) is 5.91 Å². The fourth-order valence-corrected chi connectivity index (χ4v) is 3.24. The first kappa shape index (κ1) is 12.3. The second-order valence-corrected chi connectivity index (χ2v) is 5.49. The van der Waals surface area contributed by atoms with Crippen molar-refractivity contribution >= 4 is 23.4 Å². The highest BCUT2D eigenvalue weighted by Crippen LogP contribution is 2.28. The Balaban J connectivity index is 2.01. The van der Waals surface area contributed by atoms with E-state index in [1.165, 1.54) is 12.8 Å². The number of benzene rings is 1. The van der Waals surface area contributed by atoms with Gasteiger partial charge in [-0.25, -0.2) is 0 Å². The quantitative estimate of drug-likeness (QED) is 0.809. The number of carbonyl (C=O) groups excluding carboxylic acids is 1. The lowest BCUT2D eigenvalue weighted by molar-refractivity contribution is 0.0939. The molecular formula is C13H18N2OS. The molecule has 3 N–H and O–H groups in total. The molecule has 0 heterocycles. The molecule has 17 heavy (non-hydrogen) atoms. The molecule has 3 nitrogen and oxygen atoms in total. The Bertz CT molecular complexity index is 408. The van der Waals surface area contributed by atoms with Crippen molar-refractivity contribution in [3.05, 3.63) is 29.8 Å². The van der Waals surface area contributed by atoms with Crippen LogP contribution in [0.4, 0.5) is 5.69 Å². The van der Waals surface area contributed by atoms with Crippen molar-refractivity contribution in [1.29, 1.82) is 0 Å². The molecule has 0 bridgehead atoms. The molecule has 0 saturated heterocycles. The molecule has 1 aliphatic rings. The summed E-state index contributed by atoms with van der Waals surface area (Å²) in [6.07, 6.45) is 5.59. The maximum atomic E-state index is 12.0. The average molecular weight is 250 g/mol. The smallest absolute Gasteiger partial charge is 0.251 e. The summed E-state index contributed by atoms with van der Waals surface area (Å²) in [4.78, 5) is 12.0. The SMILES string of the molecule is CSC1CCCC1NC(=O)c1cccc(N)c1. The van der Waals surface area contributed by atoms with Gasteiger partial charge >= 0.3 is 0 Å². The lowest BCUT2D eigenvalue weighted by Crippen LogP contribution is -2.38. The van der Waals surface area contributed by atoms with Crippen molar-refractivity contribution in [3.63, 3.8) is 0 Å². The highest BCUT2D eigenvalue weighted by Gasteiger charge is 2.27. The molecule has 0 spiro atoms. The summed E-state index contributed by atoms with van der Waals surface area (Å²) in [5.41, 5.74) is 6.95. The van der Waals surface area contributed by atoms with Crippen molar-refractivity contribution in [2.24, 2.45) is 0 Å². The largest absolute Gasteiger partial charge is 0.399 e. The fraction of sp³-hybridized carbons (Fsp3) is 0.462. The molecule has 1 aromatic carbocycles. The van der Waals surface area contributed by atoms with E-state index in [9.17, 15) is 4.79 Å². The summed E-state index contributed by atoms with van der Waals surface area (Å²) in [6.45, 7) is 0. The number of thioether (sulfide) groups is 1. The van der Waals surface area contributed by atoms with Crippen molar-refractivity contribution in [3.8, 4) is 0 Å². The predicted octanol–water partition coefficient (Wildman–Crippen LogP) is 2.28. The lowest BCUT2D eigenvalue weighted by atomic mass is 10.1. The molecule has 1 aliphatic carbocycles. The van der Waals surface area contributed by atoms with Crippen molar-refractivity contribution in [2.75, 3.05) is 12.0 Å². The second kappa shape index (κ2) is 5.45. The molecule has 2 atom stereocenters. The zero-order chi connectivity index (χ0) is 12.3. The molecule has 1 fully saturated rings. The molecule has 1 saturated carbocycles. The van der Waals surface area contributed by atoms with Gasteiger partial charge in [-0.3, -0.25) is 4.79 Å². The van der Waals surface area contributed by atoms with Gasteiger partial charge in [-0.1, -0.05) is 12.5 Å². The van der Waals surface area contributed by atoms with Gasteiger partial charge in [-0.15, -0.1) is 0 Å². The minimum absolute atomic E-state index is 0.0109. The summed E-state index contributed by atoms with van der Waals surface area (Å²) < 4.78 is 0. The van der Waals surface area contributed by atoms with Crippen LogP contribution in [0.3, 0.4) is 0 Å². The molecule has 2 rings (SSSR count). The average Bonchev–Trinajstić information content (AvgIpc) is 2.76. The van der Waals surface area contributed by atoms with E-state index < -0.39 is 0 Å². The monoisotopic (exact) mass is 250 g/mol. The van der Waals surface area contributed by atoms with E-state index in [0.29, 0.717) is 22.5 Å². The molecule has 1 aromatic rings. The molecular weight excluding hydrogens is 232 g/mol. The van der Waals surface area contributed by atoms with Crippen LogP contribution < -0.4 is 11.1 Å². The summed E-state index contributed by atoms with van der Waals surface area (Å²) in [5.74, 6) is -0.0109. The minimum atomic E-state index is -0.0109. The van der Waals surface area contributed by atoms with Gasteiger partial charge in [0.1, 0.15) is 0 Å². The zero-order valence-corrected chi connectivity index (χ0v) is 10.8. The summed E-state index contributed by atoms with van der Waals surface area (Å²) >= 11 is 1.84. The Labute approximate surface area is 106 Å². The van der Waals surface area contributed by atoms with E-state index in [1.54, 1.807) is 18.2 Å². The Morgan fingerprint density at radius 1 is 1.47 bits per heavy atom. The topological polar surface area (TPSA) is 55.1 Å². The summed E-state index contributed by atoms with van der Waals surface area (Å²) in [7, 11) is 0. The van der Waals surface area contributed by atoms with E-state index in [4.69, 9.17) is 5.73 Å². The van der Waals surface area contributed by atoms with Gasteiger partial charge in [0, 0.05) is 22.5 Å². The Hall–Kier alpha value is -1.16. The number of nitrogens with one attached hydrogen (secondary N) is 1. The van der Waals surface area contributed by atoms with Crippen LogP contribution in [0, 0.1) is 0 Å². The molecule has 92 valence electrons. The van der Waals surface area contributed by atoms with Crippen LogP contribution >= 0.6 is 11.8 Å². The van der Waals surface area contributed by atoms with Crippen LogP contribution in [-0.2, 0) is 0 Å². The van der Waals surface area contributed by atoms with E-state index in [2.05, 4.69) is 11.6 Å². The van der Waals surface area contributed by atoms with E-state index in [-0.39, 0.29) is 5.91 Å². The third kappa shape index (κ3) is 2.94. The van der Waals surface area contributed by atoms with E-state index >= 15 is 0 Å². The Morgan fingerprint density at radius 3 is 3.00 bits per heavy atom. The van der Waals surface area contributed by atoms with Crippen molar-refractivity contribution in [2.45, 2.75) is 30.6 Å². The minimum Gasteiger partial charge on any atom is -0.399 e. The molecule has 2 unspecified atom stereocenters. The van der Waals surface area contributed by atoms with Gasteiger partial charge < -0.3 is 11.1 Å². The highest BCUT2D eigenvalue weighted by atomic mass is 32.2. The first-order valence-corrected chi connectivity index (χ1v) is 7.18. The van der Waals surface area contributed by atoms with Gasteiger partial charge in [0.05, 0.1) is 0 Å². The first-order valence-electron chi connectivity index (χ1n) is 5.90. The van der Waals surface area contributed by atoms with E-state index in [0.717, 1.165) is 6.42 Å². The number of hydrogen-bond donors (Lipinski definition) is 2. The van der Waals surface area contributed by atoms with E-state index in [1.807, 2.05) is 17.8 Å². The summed E-state index contributed by atoms with van der Waals surface area (Å²) in [5, 5.41) is 3.66. The number of rotatable bonds is 3. The second-order valence-electron chi connectivity index (χ2n) is 4.41. The standard InChI is InChI=1S/C13H18N2OS/c1-17-12-7-3-6-11(12)15-13(16)9-4-2-5-10(14)8-9/h2,4-5,8,11-12H,3,6-7,14H2,1H3,(H,15,16). The Morgan fingerprint density at radius 2 is 2.29 bits per heavy atom. The third-order valence-corrected chi connectivity index (χ3v) is 4.39. The van der Waals surface area contributed by atoms with Crippen molar-refractivity contribution < 1.29 is 4.79 Å². The lowest BCUT2D eigenvalue weighted by Gasteiger charge is -2.19. The summed E-state index contributed by atoms with van der Waals surface area (Å²) in [6, 6.07) is 7.42. The molecule has 0 aliphatic heterocycles. The number of carbonyl (C=O) groups is 1. The normalized spacial score (nSPS) is 23.6. The maximum absolute atomic E-state index is 12.0. The van der Waals surface area contributed by atoms with Gasteiger partial charge in [-0.05, 0) is 37.3 Å².